The second-order valence-electron chi connectivity index (χ2n) is 5.32. The lowest BCUT2D eigenvalue weighted by molar-refractivity contribution is -0.135. The first-order valence-corrected chi connectivity index (χ1v) is 7.52. The fourth-order valence-corrected chi connectivity index (χ4v) is 2.73. The lowest BCUT2D eigenvalue weighted by atomic mass is 9.97. The quantitative estimate of drug-likeness (QED) is 0.872. The standard InChI is InChI=1S/C15H19N5O2/c1-2-5-12(14-17-19-20-18-14)16-15(21)13-11-7-4-3-6-10(11)8-9-22-13/h3-4,6-7,12-13H,2,5,8-9H2,1H3,(H,16,21)(H,17,18,19,20)/t12-,13+/m0/s1. The molecule has 0 fully saturated rings. The van der Waals surface area contributed by atoms with Crippen LogP contribution in [-0.2, 0) is 16.0 Å². The monoisotopic (exact) mass is 301 g/mol. The highest BCUT2D eigenvalue weighted by molar-refractivity contribution is 5.83. The third kappa shape index (κ3) is 2.99. The number of benzene rings is 1. The van der Waals surface area contributed by atoms with Crippen molar-refractivity contribution in [3.8, 4) is 0 Å². The summed E-state index contributed by atoms with van der Waals surface area (Å²) >= 11 is 0. The smallest absolute Gasteiger partial charge is 0.254 e. The van der Waals surface area contributed by atoms with Crippen molar-refractivity contribution in [3.05, 3.63) is 41.2 Å². The largest absolute Gasteiger partial charge is 0.363 e. The number of aromatic nitrogens is 4. The van der Waals surface area contributed by atoms with Crippen LogP contribution < -0.4 is 5.32 Å². The molecule has 3 rings (SSSR count). The number of aromatic amines is 1. The molecule has 1 aliphatic rings. The van der Waals surface area contributed by atoms with Crippen LogP contribution in [0.1, 0.15) is 48.9 Å². The molecule has 2 N–H and O–H groups in total. The molecule has 1 aliphatic heterocycles. The Morgan fingerprint density at radius 1 is 1.50 bits per heavy atom. The fraction of sp³-hybridized carbons (Fsp3) is 0.467. The van der Waals surface area contributed by atoms with Gasteiger partial charge in [-0.05, 0) is 24.0 Å². The van der Waals surface area contributed by atoms with E-state index in [1.165, 1.54) is 5.56 Å². The molecule has 22 heavy (non-hydrogen) atoms. The summed E-state index contributed by atoms with van der Waals surface area (Å²) in [7, 11) is 0. The maximum absolute atomic E-state index is 12.6. The molecule has 0 spiro atoms. The predicted octanol–water partition coefficient (Wildman–Crippen LogP) is 1.47. The summed E-state index contributed by atoms with van der Waals surface area (Å²) in [5, 5.41) is 16.9. The number of amides is 1. The van der Waals surface area contributed by atoms with Gasteiger partial charge in [0.15, 0.2) is 11.9 Å². The van der Waals surface area contributed by atoms with E-state index in [-0.39, 0.29) is 11.9 Å². The van der Waals surface area contributed by atoms with Crippen molar-refractivity contribution in [2.45, 2.75) is 38.3 Å². The summed E-state index contributed by atoms with van der Waals surface area (Å²) in [5.41, 5.74) is 2.11. The summed E-state index contributed by atoms with van der Waals surface area (Å²) in [6, 6.07) is 7.64. The number of carbonyl (C=O) groups excluding carboxylic acids is 1. The van der Waals surface area contributed by atoms with E-state index in [4.69, 9.17) is 4.74 Å². The van der Waals surface area contributed by atoms with Crippen molar-refractivity contribution in [3.63, 3.8) is 0 Å². The third-order valence-corrected chi connectivity index (χ3v) is 3.80. The van der Waals surface area contributed by atoms with Gasteiger partial charge in [-0.15, -0.1) is 10.2 Å². The number of hydrogen-bond acceptors (Lipinski definition) is 5. The Morgan fingerprint density at radius 3 is 3.14 bits per heavy atom. The van der Waals surface area contributed by atoms with Crippen LogP contribution >= 0.6 is 0 Å². The molecule has 1 aromatic heterocycles. The molecule has 0 aliphatic carbocycles. The summed E-state index contributed by atoms with van der Waals surface area (Å²) in [5.74, 6) is 0.342. The zero-order valence-electron chi connectivity index (χ0n) is 12.5. The molecule has 116 valence electrons. The normalized spacial score (nSPS) is 18.5. The Morgan fingerprint density at radius 2 is 2.36 bits per heavy atom. The van der Waals surface area contributed by atoms with E-state index >= 15 is 0 Å². The molecule has 7 nitrogen and oxygen atoms in total. The summed E-state index contributed by atoms with van der Waals surface area (Å²) in [6.07, 6.45) is 1.92. The fourth-order valence-electron chi connectivity index (χ4n) is 2.73. The molecule has 1 aromatic carbocycles. The number of carbonyl (C=O) groups is 1. The molecule has 0 unspecified atom stereocenters. The molecular weight excluding hydrogens is 282 g/mol. The Labute approximate surface area is 128 Å². The van der Waals surface area contributed by atoms with Crippen LogP contribution in [0.5, 0.6) is 0 Å². The lowest BCUT2D eigenvalue weighted by Gasteiger charge is -2.26. The van der Waals surface area contributed by atoms with Crippen molar-refractivity contribution in [1.29, 1.82) is 0 Å². The highest BCUT2D eigenvalue weighted by Gasteiger charge is 2.29. The van der Waals surface area contributed by atoms with Gasteiger partial charge in [0.1, 0.15) is 0 Å². The predicted molar refractivity (Wildman–Crippen MR) is 78.8 cm³/mol. The number of rotatable bonds is 5. The molecule has 1 amide bonds. The molecule has 0 saturated carbocycles. The minimum atomic E-state index is -0.573. The number of tetrazole rings is 1. The van der Waals surface area contributed by atoms with Gasteiger partial charge >= 0.3 is 0 Å². The highest BCUT2D eigenvalue weighted by Crippen LogP contribution is 2.28. The van der Waals surface area contributed by atoms with E-state index < -0.39 is 6.10 Å². The Hall–Kier alpha value is -2.28. The van der Waals surface area contributed by atoms with Crippen molar-refractivity contribution >= 4 is 5.91 Å². The van der Waals surface area contributed by atoms with Gasteiger partial charge in [-0.25, -0.2) is 0 Å². The van der Waals surface area contributed by atoms with Crippen LogP contribution in [0, 0.1) is 0 Å². The van der Waals surface area contributed by atoms with E-state index in [9.17, 15) is 4.79 Å². The second kappa shape index (κ2) is 6.65. The second-order valence-corrected chi connectivity index (χ2v) is 5.32. The van der Waals surface area contributed by atoms with Crippen LogP contribution in [0.15, 0.2) is 24.3 Å². The molecule has 2 atom stereocenters. The van der Waals surface area contributed by atoms with Crippen LogP contribution in [-0.4, -0.2) is 33.1 Å². The first-order chi connectivity index (χ1) is 10.8. The van der Waals surface area contributed by atoms with Gasteiger partial charge in [-0.1, -0.05) is 42.8 Å². The SMILES string of the molecule is CCC[C@H](NC(=O)[C@@H]1OCCc2ccccc21)c1nn[nH]n1. The zero-order chi connectivity index (χ0) is 15.4. The van der Waals surface area contributed by atoms with E-state index in [0.717, 1.165) is 24.8 Å². The summed E-state index contributed by atoms with van der Waals surface area (Å²) in [6.45, 7) is 2.60. The van der Waals surface area contributed by atoms with Gasteiger partial charge in [0.2, 0.25) is 0 Å². The third-order valence-electron chi connectivity index (χ3n) is 3.80. The van der Waals surface area contributed by atoms with E-state index in [1.54, 1.807) is 0 Å². The molecule has 2 heterocycles. The number of H-pyrrole nitrogens is 1. The van der Waals surface area contributed by atoms with Crippen molar-refractivity contribution < 1.29 is 9.53 Å². The van der Waals surface area contributed by atoms with Gasteiger partial charge in [0.25, 0.3) is 5.91 Å². The van der Waals surface area contributed by atoms with Gasteiger partial charge in [0, 0.05) is 0 Å². The van der Waals surface area contributed by atoms with Crippen molar-refractivity contribution in [1.82, 2.24) is 25.9 Å². The minimum absolute atomic E-state index is 0.157. The first-order valence-electron chi connectivity index (χ1n) is 7.52. The summed E-state index contributed by atoms with van der Waals surface area (Å²) in [4.78, 5) is 12.6. The van der Waals surface area contributed by atoms with Crippen molar-refractivity contribution in [2.75, 3.05) is 6.61 Å². The van der Waals surface area contributed by atoms with Gasteiger partial charge in [-0.2, -0.15) is 5.21 Å². The number of hydrogen-bond donors (Lipinski definition) is 2. The molecule has 0 saturated heterocycles. The van der Waals surface area contributed by atoms with E-state index in [2.05, 4.69) is 25.9 Å². The van der Waals surface area contributed by atoms with Gasteiger partial charge in [0.05, 0.1) is 12.6 Å². The van der Waals surface area contributed by atoms with Crippen LogP contribution in [0.25, 0.3) is 0 Å². The maximum atomic E-state index is 12.6. The average molecular weight is 301 g/mol. The van der Waals surface area contributed by atoms with Crippen LogP contribution in [0.3, 0.4) is 0 Å². The molecule has 0 radical (unpaired) electrons. The highest BCUT2D eigenvalue weighted by atomic mass is 16.5. The Balaban J connectivity index is 1.77. The van der Waals surface area contributed by atoms with E-state index in [0.29, 0.717) is 12.4 Å². The van der Waals surface area contributed by atoms with E-state index in [1.807, 2.05) is 31.2 Å². The Kier molecular flexibility index (Phi) is 4.43. The molecule has 0 bridgehead atoms. The number of ether oxygens (including phenoxy) is 1. The number of nitrogens with zero attached hydrogens (tertiary/aromatic N) is 3. The minimum Gasteiger partial charge on any atom is -0.363 e. The van der Waals surface area contributed by atoms with Crippen LogP contribution in [0.4, 0.5) is 0 Å². The molecule has 2 aromatic rings. The van der Waals surface area contributed by atoms with Gasteiger partial charge < -0.3 is 10.1 Å². The van der Waals surface area contributed by atoms with Gasteiger partial charge in [-0.3, -0.25) is 4.79 Å². The molecular formula is C15H19N5O2. The van der Waals surface area contributed by atoms with Crippen LogP contribution in [0.2, 0.25) is 0 Å². The first kappa shape index (κ1) is 14.6. The van der Waals surface area contributed by atoms with Crippen molar-refractivity contribution in [2.24, 2.45) is 0 Å². The Bertz CT molecular complexity index is 629. The topological polar surface area (TPSA) is 92.8 Å². The number of fused-ring (bicyclic) bond motifs is 1. The maximum Gasteiger partial charge on any atom is 0.254 e. The lowest BCUT2D eigenvalue weighted by Crippen LogP contribution is -2.36. The zero-order valence-corrected chi connectivity index (χ0v) is 12.5. The average Bonchev–Trinajstić information content (AvgIpc) is 3.08. The molecule has 7 heteroatoms. The number of nitrogens with one attached hydrogen (secondary N) is 2. The summed E-state index contributed by atoms with van der Waals surface area (Å²) < 4.78 is 5.69.